The van der Waals surface area contributed by atoms with E-state index in [1.807, 2.05) is 0 Å². The Labute approximate surface area is 157 Å². The highest BCUT2D eigenvalue weighted by Gasteiger charge is 2.67. The number of amides is 2. The van der Waals surface area contributed by atoms with Crippen LogP contribution in [0.25, 0.3) is 0 Å². The van der Waals surface area contributed by atoms with Crippen molar-refractivity contribution in [3.8, 4) is 5.75 Å². The fourth-order valence-electron chi connectivity index (χ4n) is 5.07. The van der Waals surface area contributed by atoms with Crippen molar-refractivity contribution in [2.24, 2.45) is 11.8 Å². The molecule has 2 saturated heterocycles. The van der Waals surface area contributed by atoms with Crippen LogP contribution in [0.3, 0.4) is 0 Å². The molecule has 2 heterocycles. The predicted octanol–water partition coefficient (Wildman–Crippen LogP) is 1.81. The van der Waals surface area contributed by atoms with Crippen molar-refractivity contribution in [2.75, 3.05) is 0 Å². The van der Waals surface area contributed by atoms with Crippen molar-refractivity contribution in [2.45, 2.75) is 56.7 Å². The molecule has 7 heteroatoms. The number of imide groups is 1. The topological polar surface area (TPSA) is 107 Å². The van der Waals surface area contributed by atoms with E-state index in [-0.39, 0.29) is 17.7 Å². The molecule has 4 atom stereocenters. The zero-order valence-electron chi connectivity index (χ0n) is 15.2. The van der Waals surface area contributed by atoms with Gasteiger partial charge in [0.25, 0.3) is 0 Å². The lowest BCUT2D eigenvalue weighted by atomic mass is 9.80. The smallest absolute Gasteiger partial charge is 0.324 e. The molecule has 1 aliphatic carbocycles. The number of carboxylic acid groups (broad SMARTS) is 1. The van der Waals surface area contributed by atoms with Gasteiger partial charge in [0.2, 0.25) is 11.8 Å². The number of phenolic OH excluding ortho intramolecular Hbond substituents is 1. The van der Waals surface area contributed by atoms with Gasteiger partial charge in [-0.05, 0) is 25.8 Å². The minimum Gasteiger partial charge on any atom is -0.508 e. The van der Waals surface area contributed by atoms with Gasteiger partial charge in [-0.25, -0.2) is 0 Å². The van der Waals surface area contributed by atoms with Crippen LogP contribution in [0.5, 0.6) is 5.75 Å². The molecule has 0 bridgehead atoms. The Kier molecular flexibility index (Phi) is 4.22. The van der Waals surface area contributed by atoms with Crippen LogP contribution in [0.4, 0.5) is 0 Å². The average molecular weight is 372 g/mol. The third kappa shape index (κ3) is 2.56. The predicted molar refractivity (Wildman–Crippen MR) is 95.7 cm³/mol. The molecule has 4 unspecified atom stereocenters. The van der Waals surface area contributed by atoms with Crippen molar-refractivity contribution >= 4 is 17.8 Å². The highest BCUT2D eigenvalue weighted by molar-refractivity contribution is 6.09. The standard InChI is InChI=1S/C20H24N2O5/c1-20(19(26)27)15-14(16(21-20)12-9-5-6-10-13(12)23)17(24)22(18(15)25)11-7-3-2-4-8-11/h5-6,9-11,14-16,21,23H,2-4,7-8H2,1H3,(H,26,27). The van der Waals surface area contributed by atoms with Crippen LogP contribution in [0.1, 0.15) is 50.6 Å². The number of aliphatic carboxylic acids is 1. The molecular formula is C20H24N2O5. The first-order chi connectivity index (χ1) is 12.9. The maximum Gasteiger partial charge on any atom is 0.324 e. The fourth-order valence-corrected chi connectivity index (χ4v) is 5.07. The number of carbonyl (C=O) groups excluding carboxylic acids is 2. The van der Waals surface area contributed by atoms with E-state index in [0.717, 1.165) is 32.1 Å². The van der Waals surface area contributed by atoms with E-state index in [1.54, 1.807) is 18.2 Å². The van der Waals surface area contributed by atoms with E-state index in [9.17, 15) is 24.6 Å². The zero-order chi connectivity index (χ0) is 19.3. The van der Waals surface area contributed by atoms with E-state index >= 15 is 0 Å². The molecule has 27 heavy (non-hydrogen) atoms. The van der Waals surface area contributed by atoms with E-state index in [0.29, 0.717) is 5.56 Å². The monoisotopic (exact) mass is 372 g/mol. The first-order valence-electron chi connectivity index (χ1n) is 9.52. The molecule has 3 N–H and O–H groups in total. The molecule has 0 radical (unpaired) electrons. The van der Waals surface area contributed by atoms with Crippen LogP contribution in [0.2, 0.25) is 0 Å². The Morgan fingerprint density at radius 2 is 1.81 bits per heavy atom. The van der Waals surface area contributed by atoms with Gasteiger partial charge in [-0.15, -0.1) is 0 Å². The Morgan fingerprint density at radius 1 is 1.15 bits per heavy atom. The maximum absolute atomic E-state index is 13.3. The van der Waals surface area contributed by atoms with Crippen LogP contribution in [0.15, 0.2) is 24.3 Å². The van der Waals surface area contributed by atoms with Crippen LogP contribution in [-0.2, 0) is 14.4 Å². The van der Waals surface area contributed by atoms with Gasteiger partial charge < -0.3 is 10.2 Å². The lowest BCUT2D eigenvalue weighted by molar-refractivity contribution is -0.151. The molecule has 1 saturated carbocycles. The Hall–Kier alpha value is -2.41. The van der Waals surface area contributed by atoms with Crippen molar-refractivity contribution in [3.05, 3.63) is 29.8 Å². The van der Waals surface area contributed by atoms with Crippen molar-refractivity contribution < 1.29 is 24.6 Å². The molecule has 0 spiro atoms. The van der Waals surface area contributed by atoms with Crippen LogP contribution in [-0.4, -0.2) is 44.5 Å². The minimum absolute atomic E-state index is 0.0141. The zero-order valence-corrected chi connectivity index (χ0v) is 15.2. The third-order valence-corrected chi connectivity index (χ3v) is 6.48. The van der Waals surface area contributed by atoms with E-state index < -0.39 is 35.3 Å². The number of aromatic hydroxyl groups is 1. The molecule has 144 valence electrons. The molecule has 3 fully saturated rings. The summed E-state index contributed by atoms with van der Waals surface area (Å²) in [5.74, 6) is -3.69. The normalized spacial score (nSPS) is 34.1. The second-order valence-electron chi connectivity index (χ2n) is 8.03. The number of fused-ring (bicyclic) bond motifs is 1. The van der Waals surface area contributed by atoms with Crippen molar-refractivity contribution in [1.82, 2.24) is 10.2 Å². The van der Waals surface area contributed by atoms with Crippen LogP contribution >= 0.6 is 0 Å². The fraction of sp³-hybridized carbons (Fsp3) is 0.550. The second kappa shape index (κ2) is 6.34. The van der Waals surface area contributed by atoms with Gasteiger partial charge in [0.15, 0.2) is 0 Å². The lowest BCUT2D eigenvalue weighted by Gasteiger charge is -2.33. The average Bonchev–Trinajstić information content (AvgIpc) is 3.11. The molecular weight excluding hydrogens is 348 g/mol. The van der Waals surface area contributed by atoms with Crippen LogP contribution in [0, 0.1) is 11.8 Å². The third-order valence-electron chi connectivity index (χ3n) is 6.48. The number of para-hydroxylation sites is 1. The number of hydrogen-bond donors (Lipinski definition) is 3. The summed E-state index contributed by atoms with van der Waals surface area (Å²) in [6.45, 7) is 1.46. The lowest BCUT2D eigenvalue weighted by Crippen LogP contribution is -2.54. The number of rotatable bonds is 3. The highest BCUT2D eigenvalue weighted by Crippen LogP contribution is 2.51. The first kappa shape index (κ1) is 18.0. The number of nitrogens with zero attached hydrogens (tertiary/aromatic N) is 1. The Morgan fingerprint density at radius 3 is 2.44 bits per heavy atom. The van der Waals surface area contributed by atoms with Gasteiger partial charge in [0, 0.05) is 17.6 Å². The van der Waals surface area contributed by atoms with Crippen LogP contribution < -0.4 is 5.32 Å². The summed E-state index contributed by atoms with van der Waals surface area (Å²) in [6, 6.07) is 5.69. The second-order valence-corrected chi connectivity index (χ2v) is 8.03. The SMILES string of the molecule is CC1(C(=O)O)NC(c2ccccc2O)C2C(=O)N(C3CCCCC3)C(=O)C21. The summed E-state index contributed by atoms with van der Waals surface area (Å²) in [6.07, 6.45) is 4.57. The summed E-state index contributed by atoms with van der Waals surface area (Å²) in [4.78, 5) is 39.9. The number of carbonyl (C=O) groups is 3. The quantitative estimate of drug-likeness (QED) is 0.699. The summed E-state index contributed by atoms with van der Waals surface area (Å²) in [5.41, 5.74) is -1.11. The van der Waals surface area contributed by atoms with E-state index in [1.165, 1.54) is 17.9 Å². The van der Waals surface area contributed by atoms with E-state index in [4.69, 9.17) is 0 Å². The number of benzene rings is 1. The summed E-state index contributed by atoms with van der Waals surface area (Å²) < 4.78 is 0. The minimum atomic E-state index is -1.56. The number of carboxylic acids is 1. The van der Waals surface area contributed by atoms with Crippen molar-refractivity contribution in [3.63, 3.8) is 0 Å². The number of hydrogen-bond acceptors (Lipinski definition) is 5. The van der Waals surface area contributed by atoms with Gasteiger partial charge >= 0.3 is 5.97 Å². The van der Waals surface area contributed by atoms with Gasteiger partial charge in [-0.1, -0.05) is 37.5 Å². The van der Waals surface area contributed by atoms with Gasteiger partial charge in [0.05, 0.1) is 11.8 Å². The molecule has 4 rings (SSSR count). The molecule has 3 aliphatic rings. The first-order valence-corrected chi connectivity index (χ1v) is 9.52. The molecule has 2 aliphatic heterocycles. The summed E-state index contributed by atoms with van der Waals surface area (Å²) >= 11 is 0. The molecule has 0 aromatic heterocycles. The molecule has 2 amide bonds. The largest absolute Gasteiger partial charge is 0.508 e. The van der Waals surface area contributed by atoms with Crippen molar-refractivity contribution in [1.29, 1.82) is 0 Å². The van der Waals surface area contributed by atoms with Gasteiger partial charge in [-0.3, -0.25) is 24.6 Å². The molecule has 7 nitrogen and oxygen atoms in total. The summed E-state index contributed by atoms with van der Waals surface area (Å²) in [7, 11) is 0. The van der Waals surface area contributed by atoms with E-state index in [2.05, 4.69) is 5.32 Å². The highest BCUT2D eigenvalue weighted by atomic mass is 16.4. The Balaban J connectivity index is 1.78. The molecule has 1 aromatic rings. The number of likely N-dealkylation sites (tertiary alicyclic amines) is 1. The summed E-state index contributed by atoms with van der Waals surface area (Å²) in [5, 5.41) is 23.1. The van der Waals surface area contributed by atoms with Gasteiger partial charge in [0.1, 0.15) is 11.3 Å². The maximum atomic E-state index is 13.3. The van der Waals surface area contributed by atoms with Gasteiger partial charge in [-0.2, -0.15) is 0 Å². The number of nitrogens with one attached hydrogen (secondary N) is 1. The Bertz CT molecular complexity index is 803. The number of phenols is 1. The molecule has 1 aromatic carbocycles.